The van der Waals surface area contributed by atoms with E-state index in [2.05, 4.69) is 4.99 Å². The molecule has 0 spiro atoms. The lowest BCUT2D eigenvalue weighted by molar-refractivity contribution is 0.324. The van der Waals surface area contributed by atoms with E-state index < -0.39 is 0 Å². The SMILES string of the molecule is Bc1cc(Cl)cc(/C=N/c2cc(OC)c(OC)c(OC)c2)c1O. The Balaban J connectivity index is 2.44. The zero-order chi connectivity index (χ0) is 17.0. The highest BCUT2D eigenvalue weighted by atomic mass is 35.5. The van der Waals surface area contributed by atoms with Crippen LogP contribution in [0.3, 0.4) is 0 Å². The minimum absolute atomic E-state index is 0.144. The molecule has 0 aromatic heterocycles. The molecule has 0 bridgehead atoms. The number of halogens is 1. The van der Waals surface area contributed by atoms with E-state index in [0.717, 1.165) is 0 Å². The van der Waals surface area contributed by atoms with Crippen LogP contribution >= 0.6 is 11.6 Å². The summed E-state index contributed by atoms with van der Waals surface area (Å²) in [5.41, 5.74) is 1.81. The van der Waals surface area contributed by atoms with Gasteiger partial charge in [-0.2, -0.15) is 0 Å². The van der Waals surface area contributed by atoms with Crippen molar-refractivity contribution in [3.8, 4) is 23.0 Å². The van der Waals surface area contributed by atoms with Crippen LogP contribution in [0, 0.1) is 0 Å². The molecular formula is C16H17BClNO4. The highest BCUT2D eigenvalue weighted by Crippen LogP contribution is 2.40. The standard InChI is InChI=1S/C16H17BClNO4/c1-21-13-6-11(7-14(22-2)16(13)23-3)19-8-9-4-10(18)5-12(17)15(9)20/h4-8,20H,17H2,1-3H3/b19-8+. The summed E-state index contributed by atoms with van der Waals surface area (Å²) < 4.78 is 15.8. The van der Waals surface area contributed by atoms with Crippen molar-refractivity contribution in [2.24, 2.45) is 4.99 Å². The number of methoxy groups -OCH3 is 3. The molecule has 23 heavy (non-hydrogen) atoms. The molecule has 0 saturated carbocycles. The molecule has 0 amide bonds. The topological polar surface area (TPSA) is 60.3 Å². The van der Waals surface area contributed by atoms with Gasteiger partial charge in [-0.25, -0.2) is 0 Å². The molecule has 0 aliphatic rings. The van der Waals surface area contributed by atoms with Crippen LogP contribution in [0.2, 0.25) is 5.02 Å². The maximum absolute atomic E-state index is 10.1. The summed E-state index contributed by atoms with van der Waals surface area (Å²) in [4.78, 5) is 4.35. The lowest BCUT2D eigenvalue weighted by Crippen LogP contribution is -2.05. The molecule has 0 aliphatic carbocycles. The van der Waals surface area contributed by atoms with Crippen LogP contribution in [0.15, 0.2) is 29.3 Å². The fraction of sp³-hybridized carbons (Fsp3) is 0.188. The number of hydrogen-bond acceptors (Lipinski definition) is 5. The first kappa shape index (κ1) is 17.0. The molecule has 2 aromatic carbocycles. The zero-order valence-corrected chi connectivity index (χ0v) is 14.1. The number of nitrogens with zero attached hydrogens (tertiary/aromatic N) is 1. The molecule has 0 atom stereocenters. The van der Waals surface area contributed by atoms with Crippen molar-refractivity contribution in [2.45, 2.75) is 0 Å². The van der Waals surface area contributed by atoms with Crippen LogP contribution in [-0.2, 0) is 0 Å². The molecule has 0 saturated heterocycles. The summed E-state index contributed by atoms with van der Waals surface area (Å²) in [5.74, 6) is 1.65. The smallest absolute Gasteiger partial charge is 0.203 e. The van der Waals surface area contributed by atoms with Gasteiger partial charge in [-0.3, -0.25) is 4.99 Å². The fourth-order valence-corrected chi connectivity index (χ4v) is 2.43. The second kappa shape index (κ2) is 7.29. The second-order valence-corrected chi connectivity index (χ2v) is 5.24. The Bertz CT molecular complexity index is 724. The molecule has 120 valence electrons. The number of aromatic hydroxyl groups is 1. The van der Waals surface area contributed by atoms with Crippen molar-refractivity contribution in [3.05, 3.63) is 34.9 Å². The number of aliphatic imine (C=N–C) groups is 1. The highest BCUT2D eigenvalue weighted by molar-refractivity contribution is 6.38. The first-order valence-corrected chi connectivity index (χ1v) is 7.21. The van der Waals surface area contributed by atoms with Crippen LogP contribution in [0.1, 0.15) is 5.56 Å². The van der Waals surface area contributed by atoms with Crippen molar-refractivity contribution >= 4 is 36.8 Å². The predicted octanol–water partition coefficient (Wildman–Crippen LogP) is 2.08. The Labute approximate surface area is 140 Å². The van der Waals surface area contributed by atoms with Crippen LogP contribution in [0.5, 0.6) is 23.0 Å². The summed E-state index contributed by atoms with van der Waals surface area (Å²) in [6, 6.07) is 6.76. The number of phenols is 1. The monoisotopic (exact) mass is 333 g/mol. The number of ether oxygens (including phenoxy) is 3. The summed E-state index contributed by atoms with van der Waals surface area (Å²) >= 11 is 6.01. The van der Waals surface area contributed by atoms with E-state index in [4.69, 9.17) is 25.8 Å². The van der Waals surface area contributed by atoms with Crippen LogP contribution in [0.25, 0.3) is 0 Å². The van der Waals surface area contributed by atoms with Crippen molar-refractivity contribution in [1.82, 2.24) is 0 Å². The molecule has 2 rings (SSSR count). The third-order valence-corrected chi connectivity index (χ3v) is 3.52. The molecule has 2 aromatic rings. The Kier molecular flexibility index (Phi) is 5.39. The van der Waals surface area contributed by atoms with E-state index in [0.29, 0.717) is 39.0 Å². The third-order valence-electron chi connectivity index (χ3n) is 3.30. The van der Waals surface area contributed by atoms with Crippen LogP contribution in [-0.4, -0.2) is 40.5 Å². The second-order valence-electron chi connectivity index (χ2n) is 4.80. The number of rotatable bonds is 5. The normalized spacial score (nSPS) is 10.8. The zero-order valence-electron chi connectivity index (χ0n) is 13.4. The number of benzene rings is 2. The summed E-state index contributed by atoms with van der Waals surface area (Å²) in [6.07, 6.45) is 1.54. The lowest BCUT2D eigenvalue weighted by Gasteiger charge is -2.12. The van der Waals surface area contributed by atoms with Gasteiger partial charge in [0.15, 0.2) is 11.5 Å². The molecule has 0 unspecified atom stereocenters. The predicted molar refractivity (Wildman–Crippen MR) is 94.6 cm³/mol. The minimum Gasteiger partial charge on any atom is -0.508 e. The first-order valence-electron chi connectivity index (χ1n) is 6.83. The van der Waals surface area contributed by atoms with Crippen LogP contribution < -0.4 is 19.7 Å². The van der Waals surface area contributed by atoms with Crippen molar-refractivity contribution in [2.75, 3.05) is 21.3 Å². The first-order chi connectivity index (χ1) is 11.0. The highest BCUT2D eigenvalue weighted by Gasteiger charge is 2.13. The molecule has 0 radical (unpaired) electrons. The Hall–Kier alpha value is -2.34. The molecule has 7 heteroatoms. The molecule has 0 fully saturated rings. The summed E-state index contributed by atoms with van der Waals surface area (Å²) in [7, 11) is 6.39. The van der Waals surface area contributed by atoms with Gasteiger partial charge in [0, 0.05) is 28.9 Å². The van der Waals surface area contributed by atoms with Gasteiger partial charge >= 0.3 is 0 Å². The molecule has 1 N–H and O–H groups in total. The van der Waals surface area contributed by atoms with Gasteiger partial charge in [-0.05, 0) is 17.6 Å². The summed E-state index contributed by atoms with van der Waals surface area (Å²) in [6.45, 7) is 0. The third kappa shape index (κ3) is 3.71. The lowest BCUT2D eigenvalue weighted by atomic mass is 9.93. The Morgan fingerprint density at radius 3 is 2.17 bits per heavy atom. The van der Waals surface area contributed by atoms with E-state index in [-0.39, 0.29) is 5.75 Å². The van der Waals surface area contributed by atoms with Crippen molar-refractivity contribution in [1.29, 1.82) is 0 Å². The van der Waals surface area contributed by atoms with E-state index in [1.54, 1.807) is 32.1 Å². The molecule has 0 heterocycles. The van der Waals surface area contributed by atoms with E-state index in [1.165, 1.54) is 27.5 Å². The maximum atomic E-state index is 10.1. The molecular weight excluding hydrogens is 316 g/mol. The number of phenolic OH excluding ortho intramolecular Hbond substituents is 1. The molecule has 0 aliphatic heterocycles. The van der Waals surface area contributed by atoms with E-state index in [1.807, 2.05) is 0 Å². The quantitative estimate of drug-likeness (QED) is 0.672. The van der Waals surface area contributed by atoms with Gasteiger partial charge in [0.1, 0.15) is 13.6 Å². The minimum atomic E-state index is 0.144. The Morgan fingerprint density at radius 1 is 1.04 bits per heavy atom. The Morgan fingerprint density at radius 2 is 1.65 bits per heavy atom. The summed E-state index contributed by atoms with van der Waals surface area (Å²) in [5, 5.41) is 10.6. The van der Waals surface area contributed by atoms with Gasteiger partial charge in [-0.1, -0.05) is 11.6 Å². The average Bonchev–Trinajstić information content (AvgIpc) is 2.55. The number of hydrogen-bond donors (Lipinski definition) is 1. The molecule has 5 nitrogen and oxygen atoms in total. The van der Waals surface area contributed by atoms with Gasteiger partial charge < -0.3 is 19.3 Å². The largest absolute Gasteiger partial charge is 0.508 e. The van der Waals surface area contributed by atoms with Gasteiger partial charge in [0.25, 0.3) is 0 Å². The fourth-order valence-electron chi connectivity index (χ4n) is 2.15. The van der Waals surface area contributed by atoms with Crippen molar-refractivity contribution < 1.29 is 19.3 Å². The van der Waals surface area contributed by atoms with Gasteiger partial charge in [0.05, 0.1) is 27.0 Å². The van der Waals surface area contributed by atoms with Gasteiger partial charge in [0.2, 0.25) is 5.75 Å². The van der Waals surface area contributed by atoms with E-state index in [9.17, 15) is 5.11 Å². The van der Waals surface area contributed by atoms with E-state index >= 15 is 0 Å². The van der Waals surface area contributed by atoms with Crippen molar-refractivity contribution in [3.63, 3.8) is 0 Å². The van der Waals surface area contributed by atoms with Gasteiger partial charge in [-0.15, -0.1) is 0 Å². The average molecular weight is 334 g/mol. The van der Waals surface area contributed by atoms with Crippen LogP contribution in [0.4, 0.5) is 5.69 Å². The maximum Gasteiger partial charge on any atom is 0.203 e.